The highest BCUT2D eigenvalue weighted by atomic mass is 32.1. The smallest absolute Gasteiger partial charge is 0.103 e. The Morgan fingerprint density at radius 1 is 1.36 bits per heavy atom. The van der Waals surface area contributed by atoms with E-state index in [-0.39, 0.29) is 6.61 Å². The average Bonchev–Trinajstić information content (AvgIpc) is 2.50. The van der Waals surface area contributed by atoms with Crippen LogP contribution in [-0.2, 0) is 6.61 Å². The minimum absolute atomic E-state index is 0.00815. The second kappa shape index (κ2) is 2.56. The van der Waals surface area contributed by atoms with Crippen LogP contribution in [0.5, 0.6) is 0 Å². The van der Waals surface area contributed by atoms with Gasteiger partial charge in [-0.2, -0.15) is 4.37 Å². The van der Waals surface area contributed by atoms with Crippen LogP contribution in [0.4, 0.5) is 0 Å². The Morgan fingerprint density at radius 2 is 2.27 bits per heavy atom. The maximum atomic E-state index is 8.76. The zero-order chi connectivity index (χ0) is 7.68. The number of pyridine rings is 1. The number of aliphatic hydroxyl groups excluding tert-OH is 1. The first kappa shape index (κ1) is 6.69. The molecule has 2 aromatic rings. The third kappa shape index (κ3) is 1.10. The predicted octanol–water partition coefficient (Wildman–Crippen LogP) is 1.18. The van der Waals surface area contributed by atoms with E-state index in [2.05, 4.69) is 9.36 Å². The molecular formula is C7H6N2OS. The van der Waals surface area contributed by atoms with Crippen LogP contribution in [0.3, 0.4) is 0 Å². The lowest BCUT2D eigenvalue weighted by molar-refractivity contribution is 0.277. The van der Waals surface area contributed by atoms with Crippen LogP contribution >= 0.6 is 11.5 Å². The third-order valence-electron chi connectivity index (χ3n) is 1.44. The van der Waals surface area contributed by atoms with E-state index in [1.54, 1.807) is 6.07 Å². The Labute approximate surface area is 67.5 Å². The zero-order valence-electron chi connectivity index (χ0n) is 5.69. The van der Waals surface area contributed by atoms with E-state index < -0.39 is 0 Å². The number of aromatic nitrogens is 2. The van der Waals surface area contributed by atoms with E-state index in [1.807, 2.05) is 11.4 Å². The first-order valence-electron chi connectivity index (χ1n) is 3.21. The van der Waals surface area contributed by atoms with E-state index in [0.29, 0.717) is 5.69 Å². The largest absolute Gasteiger partial charge is 0.390 e. The summed E-state index contributed by atoms with van der Waals surface area (Å²) < 4.78 is 4.09. The molecule has 11 heavy (non-hydrogen) atoms. The van der Waals surface area contributed by atoms with Crippen molar-refractivity contribution < 1.29 is 5.11 Å². The lowest BCUT2D eigenvalue weighted by atomic mass is 10.3. The van der Waals surface area contributed by atoms with Crippen LogP contribution in [-0.4, -0.2) is 14.5 Å². The molecule has 0 radical (unpaired) electrons. The Hall–Kier alpha value is -1.00. The first-order chi connectivity index (χ1) is 5.40. The number of hydrogen-bond donors (Lipinski definition) is 1. The van der Waals surface area contributed by atoms with Crippen molar-refractivity contribution in [3.8, 4) is 0 Å². The highest BCUT2D eigenvalue weighted by Crippen LogP contribution is 2.12. The van der Waals surface area contributed by atoms with Gasteiger partial charge < -0.3 is 5.11 Å². The summed E-state index contributed by atoms with van der Waals surface area (Å²) in [7, 11) is 0. The van der Waals surface area contributed by atoms with E-state index in [9.17, 15) is 0 Å². The van der Waals surface area contributed by atoms with E-state index >= 15 is 0 Å². The van der Waals surface area contributed by atoms with Crippen LogP contribution in [0.15, 0.2) is 17.5 Å². The van der Waals surface area contributed by atoms with E-state index in [1.165, 1.54) is 11.5 Å². The fraction of sp³-hybridized carbons (Fsp3) is 0.143. The predicted molar refractivity (Wildman–Crippen MR) is 43.3 cm³/mol. The van der Waals surface area contributed by atoms with Gasteiger partial charge in [0.25, 0.3) is 0 Å². The highest BCUT2D eigenvalue weighted by molar-refractivity contribution is 7.04. The van der Waals surface area contributed by atoms with Gasteiger partial charge >= 0.3 is 0 Å². The van der Waals surface area contributed by atoms with Crippen LogP contribution in [0, 0.1) is 0 Å². The molecule has 3 nitrogen and oxygen atoms in total. The lowest BCUT2D eigenvalue weighted by Crippen LogP contribution is -1.87. The fourth-order valence-electron chi connectivity index (χ4n) is 0.895. The van der Waals surface area contributed by atoms with Crippen molar-refractivity contribution in [3.63, 3.8) is 0 Å². The SMILES string of the molecule is OCc1ccc2nscc2n1. The van der Waals surface area contributed by atoms with Gasteiger partial charge in [-0.15, -0.1) is 0 Å². The summed E-state index contributed by atoms with van der Waals surface area (Å²) in [6.07, 6.45) is 0. The normalized spacial score (nSPS) is 10.6. The molecule has 0 saturated carbocycles. The third-order valence-corrected chi connectivity index (χ3v) is 2.07. The van der Waals surface area contributed by atoms with Gasteiger partial charge in [-0.3, -0.25) is 0 Å². The Morgan fingerprint density at radius 3 is 3.09 bits per heavy atom. The molecule has 0 atom stereocenters. The Kier molecular flexibility index (Phi) is 1.56. The summed E-state index contributed by atoms with van der Waals surface area (Å²) in [6.45, 7) is -0.00815. The van der Waals surface area contributed by atoms with Gasteiger partial charge in [-0.25, -0.2) is 4.98 Å². The fourth-order valence-corrected chi connectivity index (χ4v) is 1.49. The molecule has 0 unspecified atom stereocenters. The van der Waals surface area contributed by atoms with Crippen molar-refractivity contribution in [3.05, 3.63) is 23.2 Å². The van der Waals surface area contributed by atoms with E-state index in [0.717, 1.165) is 11.0 Å². The van der Waals surface area contributed by atoms with Gasteiger partial charge in [-0.05, 0) is 23.7 Å². The topological polar surface area (TPSA) is 46.0 Å². The van der Waals surface area contributed by atoms with Crippen LogP contribution in [0.1, 0.15) is 5.69 Å². The van der Waals surface area contributed by atoms with Gasteiger partial charge in [0, 0.05) is 5.38 Å². The summed E-state index contributed by atoms with van der Waals surface area (Å²) in [6, 6.07) is 3.65. The molecule has 0 aliphatic rings. The minimum Gasteiger partial charge on any atom is -0.390 e. The van der Waals surface area contributed by atoms with Gasteiger partial charge in [0.15, 0.2) is 0 Å². The molecule has 1 N–H and O–H groups in total. The molecule has 2 aromatic heterocycles. The van der Waals surface area contributed by atoms with Crippen LogP contribution in [0.25, 0.3) is 11.0 Å². The van der Waals surface area contributed by atoms with Gasteiger partial charge in [0.05, 0.1) is 12.3 Å². The maximum Gasteiger partial charge on any atom is 0.103 e. The lowest BCUT2D eigenvalue weighted by Gasteiger charge is -1.92. The molecule has 0 spiro atoms. The van der Waals surface area contributed by atoms with Crippen molar-refractivity contribution in [2.45, 2.75) is 6.61 Å². The standard InChI is InChI=1S/C7H6N2OS/c10-3-5-1-2-6-7(8-5)4-11-9-6/h1-2,4,10H,3H2. The zero-order valence-corrected chi connectivity index (χ0v) is 6.51. The molecule has 0 aliphatic carbocycles. The molecule has 0 aliphatic heterocycles. The second-order valence-electron chi connectivity index (χ2n) is 2.18. The van der Waals surface area contributed by atoms with Gasteiger partial charge in [0.1, 0.15) is 11.0 Å². The molecular weight excluding hydrogens is 160 g/mol. The maximum absolute atomic E-state index is 8.76. The summed E-state index contributed by atoms with van der Waals surface area (Å²) in [5.41, 5.74) is 2.45. The Bertz CT molecular complexity index is 371. The number of nitrogens with zero attached hydrogens (tertiary/aromatic N) is 2. The number of fused-ring (bicyclic) bond motifs is 1. The van der Waals surface area contributed by atoms with Crippen molar-refractivity contribution in [2.24, 2.45) is 0 Å². The summed E-state index contributed by atoms with van der Waals surface area (Å²) >= 11 is 1.38. The summed E-state index contributed by atoms with van der Waals surface area (Å²) in [5.74, 6) is 0. The van der Waals surface area contributed by atoms with Crippen molar-refractivity contribution in [2.75, 3.05) is 0 Å². The molecule has 0 bridgehead atoms. The van der Waals surface area contributed by atoms with Crippen molar-refractivity contribution in [1.82, 2.24) is 9.36 Å². The molecule has 56 valence electrons. The van der Waals surface area contributed by atoms with Crippen molar-refractivity contribution in [1.29, 1.82) is 0 Å². The summed E-state index contributed by atoms with van der Waals surface area (Å²) in [4.78, 5) is 4.15. The molecule has 0 fully saturated rings. The molecule has 4 heteroatoms. The quantitative estimate of drug-likeness (QED) is 0.692. The first-order valence-corrected chi connectivity index (χ1v) is 4.04. The van der Waals surface area contributed by atoms with Gasteiger partial charge in [-0.1, -0.05) is 0 Å². The minimum atomic E-state index is -0.00815. The van der Waals surface area contributed by atoms with E-state index in [4.69, 9.17) is 5.11 Å². The average molecular weight is 166 g/mol. The molecule has 0 saturated heterocycles. The monoisotopic (exact) mass is 166 g/mol. The van der Waals surface area contributed by atoms with Crippen LogP contribution in [0.2, 0.25) is 0 Å². The number of hydrogen-bond acceptors (Lipinski definition) is 4. The Balaban J connectivity index is 2.67. The molecule has 0 amide bonds. The second-order valence-corrected chi connectivity index (χ2v) is 2.81. The van der Waals surface area contributed by atoms with Crippen LogP contribution < -0.4 is 0 Å². The number of aliphatic hydroxyl groups is 1. The number of rotatable bonds is 1. The highest BCUT2D eigenvalue weighted by Gasteiger charge is 1.97. The van der Waals surface area contributed by atoms with Crippen molar-refractivity contribution >= 4 is 22.6 Å². The molecule has 2 rings (SSSR count). The van der Waals surface area contributed by atoms with Gasteiger partial charge in [0.2, 0.25) is 0 Å². The molecule has 0 aromatic carbocycles. The summed E-state index contributed by atoms with van der Waals surface area (Å²) in [5, 5.41) is 10.6. The molecule has 2 heterocycles.